The Labute approximate surface area is 60.8 Å². The number of esters is 1. The smallest absolute Gasteiger partial charge is 0.302 e. The van der Waals surface area contributed by atoms with Crippen molar-refractivity contribution < 1.29 is 14.3 Å². The summed E-state index contributed by atoms with van der Waals surface area (Å²) in [6.45, 7) is 1.36. The number of amides is 1. The summed E-state index contributed by atoms with van der Waals surface area (Å²) in [6, 6.07) is 0. The molecule has 0 bridgehead atoms. The molecule has 1 amide bonds. The number of ether oxygens (including phenoxy) is 1. The van der Waals surface area contributed by atoms with E-state index < -0.39 is 0 Å². The zero-order chi connectivity index (χ0) is 8.57. The van der Waals surface area contributed by atoms with Gasteiger partial charge in [-0.25, -0.2) is 0 Å². The van der Waals surface area contributed by atoms with E-state index in [0.717, 1.165) is 6.41 Å². The summed E-state index contributed by atoms with van der Waals surface area (Å²) in [5, 5.41) is 0. The van der Waals surface area contributed by atoms with Crippen LogP contribution in [0.5, 0.6) is 0 Å². The molecule has 0 saturated carbocycles. The van der Waals surface area contributed by atoms with E-state index in [-0.39, 0.29) is 5.97 Å². The minimum Gasteiger partial charge on any atom is -0.469 e. The molecule has 0 aromatic rings. The largest absolute Gasteiger partial charge is 0.469 e. The Balaban J connectivity index is 0. The molecule has 0 aliphatic rings. The second kappa shape index (κ2) is 7.94. The second-order valence-corrected chi connectivity index (χ2v) is 1.76. The number of methoxy groups -OCH3 is 1. The van der Waals surface area contributed by atoms with E-state index in [0.29, 0.717) is 0 Å². The summed E-state index contributed by atoms with van der Waals surface area (Å²) in [7, 11) is 4.72. The number of rotatable bonds is 1. The predicted molar refractivity (Wildman–Crippen MR) is 37.4 cm³/mol. The fourth-order valence-electron chi connectivity index (χ4n) is 0. The summed E-state index contributed by atoms with van der Waals surface area (Å²) in [5.41, 5.74) is 0. The number of hydrogen-bond donors (Lipinski definition) is 0. The van der Waals surface area contributed by atoms with Gasteiger partial charge in [0.05, 0.1) is 7.11 Å². The first-order valence-electron chi connectivity index (χ1n) is 2.70. The van der Waals surface area contributed by atoms with Crippen molar-refractivity contribution in [1.82, 2.24) is 4.90 Å². The topological polar surface area (TPSA) is 46.6 Å². The van der Waals surface area contributed by atoms with Crippen LogP contribution in [0.25, 0.3) is 0 Å². The minimum atomic E-state index is -0.245. The van der Waals surface area contributed by atoms with Gasteiger partial charge in [-0.2, -0.15) is 0 Å². The summed E-state index contributed by atoms with van der Waals surface area (Å²) in [6.07, 6.45) is 0.750. The number of carbonyl (C=O) groups excluding carboxylic acids is 2. The van der Waals surface area contributed by atoms with Crippen molar-refractivity contribution in [2.45, 2.75) is 6.92 Å². The van der Waals surface area contributed by atoms with Gasteiger partial charge in [0, 0.05) is 21.0 Å². The first-order valence-corrected chi connectivity index (χ1v) is 2.70. The molecule has 4 heteroatoms. The molecule has 0 atom stereocenters. The third-order valence-corrected chi connectivity index (χ3v) is 0.498. The Hall–Kier alpha value is -1.06. The summed E-state index contributed by atoms with van der Waals surface area (Å²) < 4.78 is 4.11. The van der Waals surface area contributed by atoms with Gasteiger partial charge in [-0.15, -0.1) is 0 Å². The van der Waals surface area contributed by atoms with Crippen molar-refractivity contribution in [2.75, 3.05) is 21.2 Å². The molecule has 0 aliphatic heterocycles. The first kappa shape index (κ1) is 11.7. The van der Waals surface area contributed by atoms with Crippen LogP contribution in [0.1, 0.15) is 6.92 Å². The molecule has 0 aromatic carbocycles. The summed E-state index contributed by atoms with van der Waals surface area (Å²) in [5.74, 6) is -0.245. The lowest BCUT2D eigenvalue weighted by atomic mass is 10.8. The van der Waals surface area contributed by atoms with Gasteiger partial charge in [0.2, 0.25) is 6.41 Å². The van der Waals surface area contributed by atoms with Gasteiger partial charge in [-0.1, -0.05) is 0 Å². The standard InChI is InChI=1S/C3H7NO.C3H6O2/c1-4(2)3-5;1-3(4)5-2/h3H,1-2H3;1-2H3. The van der Waals surface area contributed by atoms with E-state index in [4.69, 9.17) is 0 Å². The Morgan fingerprint density at radius 1 is 1.50 bits per heavy atom. The van der Waals surface area contributed by atoms with Crippen LogP contribution in [0.2, 0.25) is 0 Å². The highest BCUT2D eigenvalue weighted by molar-refractivity contribution is 5.65. The maximum absolute atomic E-state index is 9.59. The number of nitrogens with zero attached hydrogens (tertiary/aromatic N) is 1. The average Bonchev–Trinajstić information content (AvgIpc) is 1.89. The molecule has 0 rings (SSSR count). The number of carbonyl (C=O) groups is 2. The SMILES string of the molecule is CN(C)C=O.COC(C)=O. The van der Waals surface area contributed by atoms with Crippen LogP contribution in [-0.4, -0.2) is 38.5 Å². The molecule has 60 valence electrons. The van der Waals surface area contributed by atoms with E-state index in [9.17, 15) is 9.59 Å². The lowest BCUT2D eigenvalue weighted by Gasteiger charge is -1.93. The predicted octanol–water partition coefficient (Wildman–Crippen LogP) is -0.116. The van der Waals surface area contributed by atoms with E-state index in [1.165, 1.54) is 18.9 Å². The van der Waals surface area contributed by atoms with E-state index in [1.54, 1.807) is 14.1 Å². The summed E-state index contributed by atoms with van der Waals surface area (Å²) in [4.78, 5) is 20.5. The van der Waals surface area contributed by atoms with Gasteiger partial charge in [0.25, 0.3) is 0 Å². The Bertz CT molecular complexity index is 101. The van der Waals surface area contributed by atoms with Crippen molar-refractivity contribution in [2.24, 2.45) is 0 Å². The lowest BCUT2D eigenvalue weighted by Crippen LogP contribution is -2.06. The van der Waals surface area contributed by atoms with Gasteiger partial charge in [-0.3, -0.25) is 9.59 Å². The molecule has 4 nitrogen and oxygen atoms in total. The van der Waals surface area contributed by atoms with Crippen LogP contribution in [0, 0.1) is 0 Å². The maximum Gasteiger partial charge on any atom is 0.302 e. The van der Waals surface area contributed by atoms with Crippen LogP contribution in [0.15, 0.2) is 0 Å². The van der Waals surface area contributed by atoms with Gasteiger partial charge in [0.1, 0.15) is 0 Å². The zero-order valence-electron chi connectivity index (χ0n) is 6.75. The van der Waals surface area contributed by atoms with Crippen LogP contribution in [0.3, 0.4) is 0 Å². The molecule has 0 radical (unpaired) electrons. The zero-order valence-corrected chi connectivity index (χ0v) is 6.75. The number of hydrogen-bond acceptors (Lipinski definition) is 3. The normalized spacial score (nSPS) is 6.80. The lowest BCUT2D eigenvalue weighted by molar-refractivity contribution is -0.137. The van der Waals surface area contributed by atoms with E-state index in [2.05, 4.69) is 4.74 Å². The molecule has 0 heterocycles. The molecule has 0 fully saturated rings. The van der Waals surface area contributed by atoms with Gasteiger partial charge < -0.3 is 9.64 Å². The molecule has 0 aromatic heterocycles. The third-order valence-electron chi connectivity index (χ3n) is 0.498. The molecule has 0 saturated heterocycles. The first-order chi connectivity index (χ1) is 4.54. The minimum absolute atomic E-state index is 0.245. The second-order valence-electron chi connectivity index (χ2n) is 1.76. The fraction of sp³-hybridized carbons (Fsp3) is 0.667. The highest BCUT2D eigenvalue weighted by Crippen LogP contribution is 1.60. The van der Waals surface area contributed by atoms with Crippen LogP contribution < -0.4 is 0 Å². The van der Waals surface area contributed by atoms with E-state index >= 15 is 0 Å². The molecule has 10 heavy (non-hydrogen) atoms. The van der Waals surface area contributed by atoms with Gasteiger partial charge in [0.15, 0.2) is 0 Å². The monoisotopic (exact) mass is 147 g/mol. The summed E-state index contributed by atoms with van der Waals surface area (Å²) >= 11 is 0. The van der Waals surface area contributed by atoms with Crippen LogP contribution >= 0.6 is 0 Å². The molecule has 0 spiro atoms. The maximum atomic E-state index is 9.59. The third kappa shape index (κ3) is 28.3. The van der Waals surface area contributed by atoms with Gasteiger partial charge >= 0.3 is 5.97 Å². The van der Waals surface area contributed by atoms with Crippen molar-refractivity contribution in [3.8, 4) is 0 Å². The van der Waals surface area contributed by atoms with Crippen LogP contribution in [-0.2, 0) is 14.3 Å². The molecule has 0 aliphatic carbocycles. The van der Waals surface area contributed by atoms with Crippen molar-refractivity contribution in [1.29, 1.82) is 0 Å². The Morgan fingerprint density at radius 2 is 1.70 bits per heavy atom. The molecular weight excluding hydrogens is 134 g/mol. The fourth-order valence-corrected chi connectivity index (χ4v) is 0. The molecule has 0 N–H and O–H groups in total. The van der Waals surface area contributed by atoms with Crippen molar-refractivity contribution in [3.05, 3.63) is 0 Å². The van der Waals surface area contributed by atoms with Crippen molar-refractivity contribution in [3.63, 3.8) is 0 Å². The molecular formula is C6H13NO3. The van der Waals surface area contributed by atoms with Gasteiger partial charge in [-0.05, 0) is 0 Å². The van der Waals surface area contributed by atoms with Crippen molar-refractivity contribution >= 4 is 12.4 Å². The van der Waals surface area contributed by atoms with Crippen LogP contribution in [0.4, 0.5) is 0 Å². The quantitative estimate of drug-likeness (QED) is 0.384. The van der Waals surface area contributed by atoms with E-state index in [1.807, 2.05) is 0 Å². The highest BCUT2D eigenvalue weighted by atomic mass is 16.5. The molecule has 0 unspecified atom stereocenters. The average molecular weight is 147 g/mol. The highest BCUT2D eigenvalue weighted by Gasteiger charge is 1.75. The Kier molecular flexibility index (Phi) is 9.29. The Morgan fingerprint density at radius 3 is 1.70 bits per heavy atom.